The summed E-state index contributed by atoms with van der Waals surface area (Å²) in [5, 5.41) is 11.2. The van der Waals surface area contributed by atoms with Crippen molar-refractivity contribution in [2.24, 2.45) is 0 Å². The first-order chi connectivity index (χ1) is 7.90. The molecule has 1 aromatic carbocycles. The first-order valence-corrected chi connectivity index (χ1v) is 6.90. The Hall–Kier alpha value is -1.87. The van der Waals surface area contributed by atoms with E-state index in [9.17, 15) is 13.2 Å². The smallest absolute Gasteiger partial charge is 0.235 e. The largest absolute Gasteiger partial charge is 0.351 e. The molecule has 17 heavy (non-hydrogen) atoms. The third-order valence-corrected chi connectivity index (χ3v) is 2.73. The lowest BCUT2D eigenvalue weighted by Crippen LogP contribution is -2.29. The van der Waals surface area contributed by atoms with E-state index in [2.05, 4.69) is 5.32 Å². The molecule has 0 spiro atoms. The first-order valence-electron chi connectivity index (χ1n) is 4.84. The van der Waals surface area contributed by atoms with Crippen LogP contribution < -0.4 is 5.32 Å². The van der Waals surface area contributed by atoms with Crippen molar-refractivity contribution in [3.63, 3.8) is 0 Å². The predicted molar refractivity (Wildman–Crippen MR) is 62.7 cm³/mol. The van der Waals surface area contributed by atoms with Gasteiger partial charge < -0.3 is 5.32 Å². The molecule has 0 aliphatic heterocycles. The Labute approximate surface area is 100.0 Å². The van der Waals surface area contributed by atoms with Gasteiger partial charge in [-0.2, -0.15) is 5.26 Å². The second-order valence-electron chi connectivity index (χ2n) is 3.66. The normalized spacial score (nSPS) is 10.6. The molecular weight excluding hydrogens is 240 g/mol. The maximum absolute atomic E-state index is 11.2. The van der Waals surface area contributed by atoms with Crippen LogP contribution in [0.3, 0.4) is 0 Å². The molecule has 0 aliphatic rings. The van der Waals surface area contributed by atoms with E-state index in [-0.39, 0.29) is 6.54 Å². The summed E-state index contributed by atoms with van der Waals surface area (Å²) in [5.41, 5.74) is 1.26. The highest BCUT2D eigenvalue weighted by Crippen LogP contribution is 2.03. The Balaban J connectivity index is 2.56. The molecule has 0 heterocycles. The lowest BCUT2D eigenvalue weighted by atomic mass is 10.1. The fourth-order valence-corrected chi connectivity index (χ4v) is 1.82. The van der Waals surface area contributed by atoms with E-state index in [0.717, 1.165) is 11.8 Å². The number of hydrogen-bond acceptors (Lipinski definition) is 4. The number of nitrogens with one attached hydrogen (secondary N) is 1. The van der Waals surface area contributed by atoms with Gasteiger partial charge in [-0.25, -0.2) is 8.42 Å². The van der Waals surface area contributed by atoms with Crippen LogP contribution in [-0.4, -0.2) is 26.3 Å². The van der Waals surface area contributed by atoms with E-state index >= 15 is 0 Å². The lowest BCUT2D eigenvalue weighted by Gasteiger charge is -2.04. The predicted octanol–water partition coefficient (Wildman–Crippen LogP) is 0.219. The quantitative estimate of drug-likeness (QED) is 0.830. The van der Waals surface area contributed by atoms with E-state index in [1.165, 1.54) is 0 Å². The van der Waals surface area contributed by atoms with Gasteiger partial charge in [-0.15, -0.1) is 0 Å². The molecular formula is C11H12N2O3S. The van der Waals surface area contributed by atoms with Crippen LogP contribution in [0.1, 0.15) is 11.1 Å². The monoisotopic (exact) mass is 252 g/mol. The van der Waals surface area contributed by atoms with Crippen molar-refractivity contribution in [1.29, 1.82) is 5.26 Å². The van der Waals surface area contributed by atoms with Crippen LogP contribution in [0, 0.1) is 11.3 Å². The Morgan fingerprint density at radius 2 is 2.18 bits per heavy atom. The second kappa shape index (κ2) is 5.46. The zero-order chi connectivity index (χ0) is 12.9. The molecule has 5 nitrogen and oxygen atoms in total. The number of carbonyl (C=O) groups is 1. The Morgan fingerprint density at radius 1 is 1.47 bits per heavy atom. The number of carbonyl (C=O) groups excluding carboxylic acids is 1. The molecule has 0 aliphatic carbocycles. The molecule has 1 aromatic rings. The van der Waals surface area contributed by atoms with Crippen molar-refractivity contribution in [1.82, 2.24) is 5.32 Å². The minimum atomic E-state index is -3.30. The maximum Gasteiger partial charge on any atom is 0.235 e. The summed E-state index contributed by atoms with van der Waals surface area (Å²) in [6.45, 7) is 0.212. The van der Waals surface area contributed by atoms with E-state index in [1.807, 2.05) is 6.07 Å². The van der Waals surface area contributed by atoms with Crippen molar-refractivity contribution in [3.05, 3.63) is 35.4 Å². The van der Waals surface area contributed by atoms with Crippen LogP contribution in [0.4, 0.5) is 0 Å². The standard InChI is InChI=1S/C11H12N2O3S/c1-17(15,16)8-11(14)13-7-10-4-2-3-9(5-10)6-12/h2-5H,7-8H2,1H3,(H,13,14). The molecule has 90 valence electrons. The van der Waals surface area contributed by atoms with Crippen LogP contribution in [0.25, 0.3) is 0 Å². The van der Waals surface area contributed by atoms with Crippen LogP contribution >= 0.6 is 0 Å². The highest BCUT2D eigenvalue weighted by atomic mass is 32.2. The molecule has 0 unspecified atom stereocenters. The van der Waals surface area contributed by atoms with E-state index in [0.29, 0.717) is 5.56 Å². The van der Waals surface area contributed by atoms with Gasteiger partial charge in [-0.05, 0) is 17.7 Å². The van der Waals surface area contributed by atoms with Crippen molar-refractivity contribution < 1.29 is 13.2 Å². The molecule has 0 bridgehead atoms. The fourth-order valence-electron chi connectivity index (χ4n) is 1.24. The summed E-state index contributed by atoms with van der Waals surface area (Å²) in [5.74, 6) is -1.07. The van der Waals surface area contributed by atoms with Crippen LogP contribution in [0.2, 0.25) is 0 Å². The van der Waals surface area contributed by atoms with Crippen LogP contribution in [0.15, 0.2) is 24.3 Å². The van der Waals surface area contributed by atoms with Crippen molar-refractivity contribution in [2.45, 2.75) is 6.54 Å². The summed E-state index contributed by atoms with van der Waals surface area (Å²) >= 11 is 0. The number of nitriles is 1. The molecule has 1 amide bonds. The zero-order valence-electron chi connectivity index (χ0n) is 9.30. The molecule has 0 saturated heterocycles. The number of amides is 1. The number of sulfone groups is 1. The molecule has 1 N–H and O–H groups in total. The second-order valence-corrected chi connectivity index (χ2v) is 5.80. The highest BCUT2D eigenvalue weighted by Gasteiger charge is 2.10. The summed E-state index contributed by atoms with van der Waals surface area (Å²) in [6.07, 6.45) is 1.00. The third-order valence-electron chi connectivity index (χ3n) is 1.94. The summed E-state index contributed by atoms with van der Waals surface area (Å²) < 4.78 is 21.7. The number of rotatable bonds is 4. The molecule has 1 rings (SSSR count). The van der Waals surface area contributed by atoms with E-state index in [4.69, 9.17) is 5.26 Å². The van der Waals surface area contributed by atoms with Gasteiger partial charge in [0.15, 0.2) is 9.84 Å². The highest BCUT2D eigenvalue weighted by molar-refractivity contribution is 7.91. The van der Waals surface area contributed by atoms with E-state index < -0.39 is 21.5 Å². The molecule has 0 radical (unpaired) electrons. The average Bonchev–Trinajstić information content (AvgIpc) is 2.24. The van der Waals surface area contributed by atoms with Gasteiger partial charge in [-0.1, -0.05) is 12.1 Å². The summed E-state index contributed by atoms with van der Waals surface area (Å²) in [6, 6.07) is 8.74. The van der Waals surface area contributed by atoms with Gasteiger partial charge in [0.25, 0.3) is 0 Å². The van der Waals surface area contributed by atoms with Crippen molar-refractivity contribution in [2.75, 3.05) is 12.0 Å². The van der Waals surface area contributed by atoms with Gasteiger partial charge in [0.1, 0.15) is 5.75 Å². The minimum Gasteiger partial charge on any atom is -0.351 e. The van der Waals surface area contributed by atoms with Gasteiger partial charge in [-0.3, -0.25) is 4.79 Å². The lowest BCUT2D eigenvalue weighted by molar-refractivity contribution is -0.118. The Kier molecular flexibility index (Phi) is 4.24. The van der Waals surface area contributed by atoms with Gasteiger partial charge in [0.05, 0.1) is 11.6 Å². The Bertz CT molecular complexity index is 558. The molecule has 0 fully saturated rings. The Morgan fingerprint density at radius 3 is 2.76 bits per heavy atom. The molecule has 0 aromatic heterocycles. The van der Waals surface area contributed by atoms with Gasteiger partial charge >= 0.3 is 0 Å². The molecule has 6 heteroatoms. The third kappa shape index (κ3) is 5.13. The SMILES string of the molecule is CS(=O)(=O)CC(=O)NCc1cccc(C#N)c1. The zero-order valence-corrected chi connectivity index (χ0v) is 10.1. The summed E-state index contributed by atoms with van der Waals surface area (Å²) in [4.78, 5) is 11.2. The number of benzene rings is 1. The first kappa shape index (κ1) is 13.2. The van der Waals surface area contributed by atoms with Crippen LogP contribution in [0.5, 0.6) is 0 Å². The maximum atomic E-state index is 11.2. The van der Waals surface area contributed by atoms with Crippen LogP contribution in [-0.2, 0) is 21.2 Å². The molecule has 0 saturated carbocycles. The number of hydrogen-bond donors (Lipinski definition) is 1. The number of nitrogens with zero attached hydrogens (tertiary/aromatic N) is 1. The fraction of sp³-hybridized carbons (Fsp3) is 0.273. The van der Waals surface area contributed by atoms with Crippen molar-refractivity contribution >= 4 is 15.7 Å². The minimum absolute atomic E-state index is 0.212. The summed E-state index contributed by atoms with van der Waals surface area (Å²) in [7, 11) is -3.30. The van der Waals surface area contributed by atoms with E-state index in [1.54, 1.807) is 24.3 Å². The van der Waals surface area contributed by atoms with Gasteiger partial charge in [0, 0.05) is 12.8 Å². The molecule has 0 atom stereocenters. The van der Waals surface area contributed by atoms with Crippen molar-refractivity contribution in [3.8, 4) is 6.07 Å². The van der Waals surface area contributed by atoms with Gasteiger partial charge in [0.2, 0.25) is 5.91 Å². The average molecular weight is 252 g/mol. The topological polar surface area (TPSA) is 87.0 Å².